The predicted molar refractivity (Wildman–Crippen MR) is 142 cm³/mol. The fraction of sp³-hybridized carbons (Fsp3) is 0.417. The van der Waals surface area contributed by atoms with E-state index in [9.17, 15) is 0 Å². The number of hydrogen-bond donors (Lipinski definition) is 0. The van der Waals surface area contributed by atoms with Crippen LogP contribution in [0.15, 0.2) is 24.4 Å². The van der Waals surface area contributed by atoms with Crippen molar-refractivity contribution < 1.29 is 9.16 Å². The van der Waals surface area contributed by atoms with Gasteiger partial charge in [-0.25, -0.2) is 9.97 Å². The molecule has 1 atom stereocenters. The van der Waals surface area contributed by atoms with Crippen molar-refractivity contribution in [1.82, 2.24) is 19.7 Å². The molecule has 6 nitrogen and oxygen atoms in total. The van der Waals surface area contributed by atoms with E-state index in [0.717, 1.165) is 0 Å². The molecule has 0 amide bonds. The standard InChI is InChI=1S/C24H30Cl3N4O2Si/c1-14(33-34(7,8)24(3,4)5)13-32-16-9-10-18(25)17(11-16)23-29-20(15(2)22(27)30-23)21-19(26)12-28-31(21)6/h9-12,14H,1,13H2,2-8H3/t14-/m1/s1. The van der Waals surface area contributed by atoms with Gasteiger partial charge < -0.3 is 9.16 Å². The molecule has 0 bridgehead atoms. The van der Waals surface area contributed by atoms with Crippen molar-refractivity contribution in [2.45, 2.75) is 51.9 Å². The quantitative estimate of drug-likeness (QED) is 0.230. The Hall–Kier alpha value is -1.64. The van der Waals surface area contributed by atoms with Crippen molar-refractivity contribution in [3.05, 3.63) is 52.1 Å². The van der Waals surface area contributed by atoms with Crippen LogP contribution < -0.4 is 4.74 Å². The molecule has 183 valence electrons. The van der Waals surface area contributed by atoms with Gasteiger partial charge in [-0.1, -0.05) is 55.6 Å². The number of halogens is 3. The van der Waals surface area contributed by atoms with E-state index in [-0.39, 0.29) is 11.1 Å². The minimum atomic E-state index is -1.95. The third kappa shape index (κ3) is 5.77. The van der Waals surface area contributed by atoms with Crippen LogP contribution in [0.2, 0.25) is 33.3 Å². The Morgan fingerprint density at radius 1 is 1.12 bits per heavy atom. The molecule has 1 radical (unpaired) electrons. The summed E-state index contributed by atoms with van der Waals surface area (Å²) < 4.78 is 13.9. The maximum atomic E-state index is 6.51. The highest BCUT2D eigenvalue weighted by Gasteiger charge is 2.38. The molecular formula is C24H30Cl3N4O2Si. The van der Waals surface area contributed by atoms with Crippen LogP contribution in [-0.2, 0) is 11.5 Å². The minimum absolute atomic E-state index is 0.0902. The fourth-order valence-electron chi connectivity index (χ4n) is 3.10. The van der Waals surface area contributed by atoms with Gasteiger partial charge in [-0.05, 0) is 50.2 Å². The zero-order valence-electron chi connectivity index (χ0n) is 20.5. The number of benzene rings is 1. The van der Waals surface area contributed by atoms with Crippen LogP contribution >= 0.6 is 34.8 Å². The molecular weight excluding hydrogens is 511 g/mol. The van der Waals surface area contributed by atoms with Gasteiger partial charge in [0.1, 0.15) is 23.2 Å². The van der Waals surface area contributed by atoms with Gasteiger partial charge >= 0.3 is 0 Å². The van der Waals surface area contributed by atoms with Gasteiger partial charge in [-0.3, -0.25) is 4.68 Å². The number of nitrogens with zero attached hydrogens (tertiary/aromatic N) is 4. The van der Waals surface area contributed by atoms with Gasteiger partial charge in [0.25, 0.3) is 0 Å². The highest BCUT2D eigenvalue weighted by molar-refractivity contribution is 6.74. The first kappa shape index (κ1) is 27.0. The highest BCUT2D eigenvalue weighted by Crippen LogP contribution is 2.38. The molecule has 34 heavy (non-hydrogen) atoms. The smallest absolute Gasteiger partial charge is 0.192 e. The van der Waals surface area contributed by atoms with Crippen LogP contribution in [-0.4, -0.2) is 40.8 Å². The molecule has 0 saturated carbocycles. The molecule has 3 aromatic rings. The van der Waals surface area contributed by atoms with Crippen molar-refractivity contribution in [2.75, 3.05) is 6.61 Å². The molecule has 0 saturated heterocycles. The molecule has 2 aromatic heterocycles. The highest BCUT2D eigenvalue weighted by atomic mass is 35.5. The molecule has 1 aromatic carbocycles. The molecule has 0 N–H and O–H groups in total. The molecule has 0 aliphatic carbocycles. The molecule has 3 rings (SSSR count). The van der Waals surface area contributed by atoms with Crippen LogP contribution in [0, 0.1) is 13.8 Å². The average molecular weight is 541 g/mol. The lowest BCUT2D eigenvalue weighted by Gasteiger charge is -2.38. The third-order valence-corrected chi connectivity index (χ3v) is 11.6. The lowest BCUT2D eigenvalue weighted by atomic mass is 10.1. The van der Waals surface area contributed by atoms with Crippen LogP contribution in [0.25, 0.3) is 22.8 Å². The maximum Gasteiger partial charge on any atom is 0.192 e. The zero-order valence-corrected chi connectivity index (χ0v) is 23.8. The summed E-state index contributed by atoms with van der Waals surface area (Å²) in [6.45, 7) is 17.2. The SMILES string of the molecule is [CH2][C@H](COc1ccc(Cl)c(-c2nc(Cl)c(C)c(-c3c(Cl)cnn3C)n2)c1)O[Si](C)(C)C(C)(C)C. The second-order valence-electron chi connectivity index (χ2n) is 9.73. The number of rotatable bonds is 7. The lowest BCUT2D eigenvalue weighted by molar-refractivity contribution is 0.148. The Balaban J connectivity index is 1.89. The van der Waals surface area contributed by atoms with E-state index in [1.165, 1.54) is 0 Å². The Morgan fingerprint density at radius 2 is 1.79 bits per heavy atom. The van der Waals surface area contributed by atoms with Crippen LogP contribution in [0.5, 0.6) is 5.75 Å². The van der Waals surface area contributed by atoms with Gasteiger partial charge in [0.15, 0.2) is 14.1 Å². The molecule has 0 fully saturated rings. The normalized spacial score (nSPS) is 13.3. The lowest BCUT2D eigenvalue weighted by Crippen LogP contribution is -2.44. The number of hydrogen-bond acceptors (Lipinski definition) is 5. The van der Waals surface area contributed by atoms with Gasteiger partial charge in [0, 0.05) is 18.2 Å². The first-order chi connectivity index (χ1) is 15.7. The third-order valence-electron chi connectivity index (χ3n) is 6.09. The molecule has 10 heteroatoms. The molecule has 0 spiro atoms. The van der Waals surface area contributed by atoms with E-state index in [4.69, 9.17) is 48.9 Å². The van der Waals surface area contributed by atoms with E-state index in [1.54, 1.807) is 36.1 Å². The molecule has 2 heterocycles. The average Bonchev–Trinajstić information content (AvgIpc) is 3.06. The van der Waals surface area contributed by atoms with Crippen LogP contribution in [0.4, 0.5) is 0 Å². The summed E-state index contributed by atoms with van der Waals surface area (Å²) in [5.74, 6) is 0.967. The predicted octanol–water partition coefficient (Wildman–Crippen LogP) is 7.42. The Morgan fingerprint density at radius 3 is 2.38 bits per heavy atom. The monoisotopic (exact) mass is 539 g/mol. The van der Waals surface area contributed by atoms with Gasteiger partial charge in [0.05, 0.1) is 28.0 Å². The first-order valence-corrected chi connectivity index (χ1v) is 14.9. The van der Waals surface area contributed by atoms with Crippen molar-refractivity contribution >= 4 is 43.1 Å². The summed E-state index contributed by atoms with van der Waals surface area (Å²) in [5, 5.41) is 5.54. The Bertz CT molecular complexity index is 1170. The van der Waals surface area contributed by atoms with Gasteiger partial charge in [-0.2, -0.15) is 5.10 Å². The van der Waals surface area contributed by atoms with E-state index < -0.39 is 8.32 Å². The van der Waals surface area contributed by atoms with Gasteiger partial charge in [0.2, 0.25) is 0 Å². The minimum Gasteiger partial charge on any atom is -0.491 e. The van der Waals surface area contributed by atoms with E-state index >= 15 is 0 Å². The summed E-state index contributed by atoms with van der Waals surface area (Å²) in [6, 6.07) is 5.32. The first-order valence-electron chi connectivity index (χ1n) is 10.9. The van der Waals surface area contributed by atoms with Crippen molar-refractivity contribution in [1.29, 1.82) is 0 Å². The van der Waals surface area contributed by atoms with Crippen molar-refractivity contribution in [2.24, 2.45) is 7.05 Å². The van der Waals surface area contributed by atoms with E-state index in [0.29, 0.717) is 55.9 Å². The summed E-state index contributed by atoms with van der Waals surface area (Å²) in [6.07, 6.45) is 1.26. The fourth-order valence-corrected chi connectivity index (χ4v) is 4.98. The molecule has 0 aliphatic heterocycles. The second-order valence-corrected chi connectivity index (χ2v) is 15.7. The number of aryl methyl sites for hydroxylation is 1. The summed E-state index contributed by atoms with van der Waals surface area (Å²) >= 11 is 19.3. The maximum absolute atomic E-state index is 6.51. The molecule has 0 unspecified atom stereocenters. The number of aromatic nitrogens is 4. The van der Waals surface area contributed by atoms with Crippen molar-refractivity contribution in [3.8, 4) is 28.5 Å². The van der Waals surface area contributed by atoms with Crippen molar-refractivity contribution in [3.63, 3.8) is 0 Å². The zero-order chi connectivity index (χ0) is 25.4. The topological polar surface area (TPSA) is 62.1 Å². The van der Waals surface area contributed by atoms with Gasteiger partial charge in [-0.15, -0.1) is 0 Å². The van der Waals surface area contributed by atoms with E-state index in [1.807, 2.05) is 6.92 Å². The second kappa shape index (κ2) is 10.2. The summed E-state index contributed by atoms with van der Waals surface area (Å²) in [7, 11) is -0.158. The van der Waals surface area contributed by atoms with Crippen LogP contribution in [0.3, 0.4) is 0 Å². The van der Waals surface area contributed by atoms with E-state index in [2.05, 4.69) is 50.9 Å². The summed E-state index contributed by atoms with van der Waals surface area (Å²) in [4.78, 5) is 9.18. The molecule has 0 aliphatic rings. The Kier molecular flexibility index (Phi) is 8.05. The Labute approximate surface area is 217 Å². The number of ether oxygens (including phenoxy) is 1. The largest absolute Gasteiger partial charge is 0.491 e. The summed E-state index contributed by atoms with van der Waals surface area (Å²) in [5.41, 5.74) is 2.52. The van der Waals surface area contributed by atoms with Crippen LogP contribution in [0.1, 0.15) is 26.3 Å².